The van der Waals surface area contributed by atoms with Gasteiger partial charge in [-0.15, -0.1) is 0 Å². The molecular weight excluding hydrogens is 256 g/mol. The van der Waals surface area contributed by atoms with Crippen LogP contribution in [0.5, 0.6) is 0 Å². The van der Waals surface area contributed by atoms with Crippen LogP contribution in [-0.2, 0) is 9.59 Å². The lowest BCUT2D eigenvalue weighted by atomic mass is 9.93. The van der Waals surface area contributed by atoms with Gasteiger partial charge in [-0.25, -0.2) is 0 Å². The molecule has 3 fully saturated rings. The molecular formula is C15H24N2O3. The molecule has 2 saturated heterocycles. The molecule has 3 aliphatic rings. The number of amides is 1. The number of piperidine rings is 1. The van der Waals surface area contributed by atoms with E-state index in [2.05, 4.69) is 4.90 Å². The van der Waals surface area contributed by atoms with Crippen LogP contribution in [0.1, 0.15) is 38.5 Å². The average molecular weight is 280 g/mol. The molecule has 20 heavy (non-hydrogen) atoms. The fourth-order valence-corrected chi connectivity index (χ4v) is 4.14. The molecule has 5 heteroatoms. The lowest BCUT2D eigenvalue weighted by Gasteiger charge is -2.44. The van der Waals surface area contributed by atoms with Gasteiger partial charge in [-0.05, 0) is 32.2 Å². The third-order valence-electron chi connectivity index (χ3n) is 5.30. The van der Waals surface area contributed by atoms with Gasteiger partial charge in [-0.1, -0.05) is 12.8 Å². The van der Waals surface area contributed by atoms with Gasteiger partial charge in [0.1, 0.15) is 0 Å². The molecule has 112 valence electrons. The second-order valence-corrected chi connectivity index (χ2v) is 6.45. The monoisotopic (exact) mass is 280 g/mol. The number of rotatable bonds is 2. The molecule has 0 spiro atoms. The summed E-state index contributed by atoms with van der Waals surface area (Å²) in [6, 6.07) is 0.506. The van der Waals surface area contributed by atoms with Crippen LogP contribution in [0.15, 0.2) is 0 Å². The molecule has 2 heterocycles. The number of nitrogens with zero attached hydrogens (tertiary/aromatic N) is 2. The normalized spacial score (nSPS) is 34.8. The number of hydrogen-bond acceptors (Lipinski definition) is 3. The number of carbonyl (C=O) groups excluding carboxylic acids is 1. The molecule has 3 rings (SSSR count). The topological polar surface area (TPSA) is 60.9 Å². The summed E-state index contributed by atoms with van der Waals surface area (Å²) in [5, 5.41) is 9.24. The average Bonchev–Trinajstić information content (AvgIpc) is 2.95. The van der Waals surface area contributed by atoms with Crippen molar-refractivity contribution in [1.82, 2.24) is 9.80 Å². The van der Waals surface area contributed by atoms with E-state index in [4.69, 9.17) is 0 Å². The Balaban J connectivity index is 1.64. The van der Waals surface area contributed by atoms with Gasteiger partial charge < -0.3 is 10.0 Å². The van der Waals surface area contributed by atoms with Crippen LogP contribution in [0.25, 0.3) is 0 Å². The third-order valence-corrected chi connectivity index (χ3v) is 5.30. The van der Waals surface area contributed by atoms with E-state index in [0.717, 1.165) is 39.0 Å². The minimum atomic E-state index is -0.794. The van der Waals surface area contributed by atoms with E-state index >= 15 is 0 Å². The van der Waals surface area contributed by atoms with Crippen molar-refractivity contribution in [2.24, 2.45) is 11.8 Å². The Hall–Kier alpha value is -1.10. The van der Waals surface area contributed by atoms with Gasteiger partial charge in [0, 0.05) is 25.7 Å². The maximum absolute atomic E-state index is 12.6. The Morgan fingerprint density at radius 3 is 2.50 bits per heavy atom. The number of piperazine rings is 1. The first kappa shape index (κ1) is 13.9. The van der Waals surface area contributed by atoms with E-state index < -0.39 is 11.9 Å². The number of carboxylic acids is 1. The van der Waals surface area contributed by atoms with Crippen LogP contribution >= 0.6 is 0 Å². The third kappa shape index (κ3) is 2.55. The van der Waals surface area contributed by atoms with Crippen LogP contribution in [-0.4, -0.2) is 59.0 Å². The molecule has 0 bridgehead atoms. The van der Waals surface area contributed by atoms with Gasteiger partial charge in [-0.2, -0.15) is 0 Å². The molecule has 1 aliphatic carbocycles. The molecule has 3 atom stereocenters. The van der Waals surface area contributed by atoms with Gasteiger partial charge >= 0.3 is 5.97 Å². The Kier molecular flexibility index (Phi) is 3.96. The maximum Gasteiger partial charge on any atom is 0.307 e. The van der Waals surface area contributed by atoms with Gasteiger partial charge in [0.05, 0.1) is 11.8 Å². The van der Waals surface area contributed by atoms with E-state index in [1.54, 1.807) is 0 Å². The summed E-state index contributed by atoms with van der Waals surface area (Å²) in [5.74, 6) is -1.42. The second kappa shape index (κ2) is 5.72. The summed E-state index contributed by atoms with van der Waals surface area (Å²) in [6.45, 7) is 3.70. The molecule has 1 saturated carbocycles. The predicted molar refractivity (Wildman–Crippen MR) is 74.3 cm³/mol. The van der Waals surface area contributed by atoms with Crippen molar-refractivity contribution in [2.45, 2.75) is 44.6 Å². The number of carbonyl (C=O) groups is 2. The van der Waals surface area contributed by atoms with Crippen LogP contribution in [0.2, 0.25) is 0 Å². The van der Waals surface area contributed by atoms with Crippen LogP contribution in [0.4, 0.5) is 0 Å². The van der Waals surface area contributed by atoms with E-state index in [0.29, 0.717) is 12.5 Å². The van der Waals surface area contributed by atoms with E-state index in [1.807, 2.05) is 4.90 Å². The van der Waals surface area contributed by atoms with Crippen LogP contribution in [0, 0.1) is 11.8 Å². The van der Waals surface area contributed by atoms with Crippen molar-refractivity contribution in [3.05, 3.63) is 0 Å². The molecule has 0 aromatic heterocycles. The minimum Gasteiger partial charge on any atom is -0.481 e. The van der Waals surface area contributed by atoms with Crippen molar-refractivity contribution < 1.29 is 14.7 Å². The highest BCUT2D eigenvalue weighted by atomic mass is 16.4. The highest BCUT2D eigenvalue weighted by molar-refractivity contribution is 5.85. The molecule has 5 nitrogen and oxygen atoms in total. The Morgan fingerprint density at radius 2 is 1.70 bits per heavy atom. The van der Waals surface area contributed by atoms with Crippen molar-refractivity contribution in [2.75, 3.05) is 26.2 Å². The number of fused-ring (bicyclic) bond motifs is 1. The molecule has 0 radical (unpaired) electrons. The van der Waals surface area contributed by atoms with E-state index in [9.17, 15) is 14.7 Å². The molecule has 1 N–H and O–H groups in total. The van der Waals surface area contributed by atoms with Crippen molar-refractivity contribution in [3.8, 4) is 0 Å². The first-order valence-corrected chi connectivity index (χ1v) is 7.92. The first-order chi connectivity index (χ1) is 9.66. The summed E-state index contributed by atoms with van der Waals surface area (Å²) >= 11 is 0. The standard InChI is InChI=1S/C15H24N2O3/c18-14(12-5-3-6-13(12)15(19)20)17-9-8-16-7-2-1-4-11(16)10-17/h11-13H,1-10H2,(H,19,20)/t11?,12-,13+/m1/s1. The first-order valence-electron chi connectivity index (χ1n) is 7.92. The second-order valence-electron chi connectivity index (χ2n) is 6.45. The summed E-state index contributed by atoms with van der Waals surface area (Å²) in [4.78, 5) is 28.3. The molecule has 0 aromatic rings. The van der Waals surface area contributed by atoms with Crippen molar-refractivity contribution >= 4 is 11.9 Å². The van der Waals surface area contributed by atoms with Crippen LogP contribution in [0.3, 0.4) is 0 Å². The Bertz CT molecular complexity index is 399. The molecule has 0 aromatic carbocycles. The van der Waals surface area contributed by atoms with E-state index in [-0.39, 0.29) is 11.8 Å². The smallest absolute Gasteiger partial charge is 0.307 e. The molecule has 2 aliphatic heterocycles. The van der Waals surface area contributed by atoms with Gasteiger partial charge in [-0.3, -0.25) is 14.5 Å². The zero-order valence-corrected chi connectivity index (χ0v) is 12.0. The highest BCUT2D eigenvalue weighted by Gasteiger charge is 2.41. The fourth-order valence-electron chi connectivity index (χ4n) is 4.14. The zero-order chi connectivity index (χ0) is 14.1. The summed E-state index contributed by atoms with van der Waals surface area (Å²) in [7, 11) is 0. The fraction of sp³-hybridized carbons (Fsp3) is 0.867. The van der Waals surface area contributed by atoms with E-state index in [1.165, 1.54) is 19.3 Å². The van der Waals surface area contributed by atoms with Crippen LogP contribution < -0.4 is 0 Å². The molecule has 1 unspecified atom stereocenters. The molecule has 1 amide bonds. The quantitative estimate of drug-likeness (QED) is 0.825. The lowest BCUT2D eigenvalue weighted by Crippen LogP contribution is -2.57. The van der Waals surface area contributed by atoms with Crippen molar-refractivity contribution in [3.63, 3.8) is 0 Å². The zero-order valence-electron chi connectivity index (χ0n) is 12.0. The summed E-state index contributed by atoms with van der Waals surface area (Å²) < 4.78 is 0. The Morgan fingerprint density at radius 1 is 0.900 bits per heavy atom. The number of aliphatic carboxylic acids is 1. The number of carboxylic acid groups (broad SMARTS) is 1. The minimum absolute atomic E-state index is 0.0973. The largest absolute Gasteiger partial charge is 0.481 e. The Labute approximate surface area is 119 Å². The summed E-state index contributed by atoms with van der Waals surface area (Å²) in [5.41, 5.74) is 0. The van der Waals surface area contributed by atoms with Gasteiger partial charge in [0.25, 0.3) is 0 Å². The maximum atomic E-state index is 12.6. The SMILES string of the molecule is O=C(O)[C@H]1CCC[C@H]1C(=O)N1CCN2CCCCC2C1. The predicted octanol–water partition coefficient (Wildman–Crippen LogP) is 1.18. The number of hydrogen-bond donors (Lipinski definition) is 1. The van der Waals surface area contributed by atoms with Gasteiger partial charge in [0.2, 0.25) is 5.91 Å². The highest BCUT2D eigenvalue weighted by Crippen LogP contribution is 2.34. The van der Waals surface area contributed by atoms with Crippen molar-refractivity contribution in [1.29, 1.82) is 0 Å². The van der Waals surface area contributed by atoms with Gasteiger partial charge in [0.15, 0.2) is 0 Å². The summed E-state index contributed by atoms with van der Waals surface area (Å²) in [6.07, 6.45) is 5.99. The lowest BCUT2D eigenvalue weighted by molar-refractivity contribution is -0.150.